The highest BCUT2D eigenvalue weighted by Crippen LogP contribution is 2.28. The number of ether oxygens (including phenoxy) is 1. The number of anilines is 3. The number of pyridine rings is 2. The van der Waals surface area contributed by atoms with Gasteiger partial charge in [-0.05, 0) is 49.7 Å². The Morgan fingerprint density at radius 1 is 0.943 bits per heavy atom. The van der Waals surface area contributed by atoms with Crippen LogP contribution in [0.3, 0.4) is 0 Å². The summed E-state index contributed by atoms with van der Waals surface area (Å²) >= 11 is 0. The van der Waals surface area contributed by atoms with Crippen molar-refractivity contribution in [1.29, 1.82) is 0 Å². The second-order valence-corrected chi connectivity index (χ2v) is 8.94. The molecule has 180 valence electrons. The summed E-state index contributed by atoms with van der Waals surface area (Å²) in [5, 5.41) is 2.97. The molecule has 35 heavy (non-hydrogen) atoms. The zero-order chi connectivity index (χ0) is 25.2. The minimum atomic E-state index is -4.33. The van der Waals surface area contributed by atoms with Gasteiger partial charge >= 0.3 is 6.01 Å². The zero-order valence-electron chi connectivity index (χ0n) is 18.7. The van der Waals surface area contributed by atoms with E-state index in [2.05, 4.69) is 35.0 Å². The van der Waals surface area contributed by atoms with Crippen molar-refractivity contribution < 1.29 is 21.9 Å². The largest absolute Gasteiger partial charge is 0.467 e. The maximum atomic E-state index is 14.1. The number of hydrogen-bond acceptors (Lipinski definition) is 9. The van der Waals surface area contributed by atoms with Gasteiger partial charge in [-0.25, -0.2) is 22.2 Å². The monoisotopic (exact) mass is 499 g/mol. The van der Waals surface area contributed by atoms with Crippen molar-refractivity contribution in [3.8, 4) is 17.1 Å². The number of nitrogens with one attached hydrogen (secondary N) is 2. The predicted molar refractivity (Wildman–Crippen MR) is 124 cm³/mol. The molecule has 0 aliphatic rings. The van der Waals surface area contributed by atoms with Gasteiger partial charge in [0.05, 0.1) is 18.5 Å². The van der Waals surface area contributed by atoms with Crippen LogP contribution in [-0.4, -0.2) is 40.4 Å². The van der Waals surface area contributed by atoms with Gasteiger partial charge in [0, 0.05) is 24.0 Å². The van der Waals surface area contributed by atoms with E-state index in [1.807, 2.05) is 0 Å². The van der Waals surface area contributed by atoms with Crippen LogP contribution < -0.4 is 14.8 Å². The Morgan fingerprint density at radius 2 is 1.74 bits per heavy atom. The predicted octanol–water partition coefficient (Wildman–Crippen LogP) is 3.78. The van der Waals surface area contributed by atoms with Crippen LogP contribution in [0.15, 0.2) is 53.7 Å². The first kappa shape index (κ1) is 23.9. The molecule has 0 aliphatic carbocycles. The SMILES string of the molecule is COc1nc(C)nc(Nc2cc(-c3cnc(C)c(NS(=O)(=O)c4ccc(F)cc4F)c3)ccn2)n1. The molecule has 1 aromatic carbocycles. The second kappa shape index (κ2) is 9.54. The van der Waals surface area contributed by atoms with Crippen LogP contribution in [-0.2, 0) is 10.0 Å². The molecule has 0 bridgehead atoms. The second-order valence-electron chi connectivity index (χ2n) is 7.28. The maximum absolute atomic E-state index is 14.1. The van der Waals surface area contributed by atoms with Crippen LogP contribution in [0.5, 0.6) is 6.01 Å². The van der Waals surface area contributed by atoms with Crippen molar-refractivity contribution in [2.75, 3.05) is 17.1 Å². The van der Waals surface area contributed by atoms with Crippen molar-refractivity contribution in [1.82, 2.24) is 24.9 Å². The van der Waals surface area contributed by atoms with Gasteiger partial charge in [-0.3, -0.25) is 9.71 Å². The summed E-state index contributed by atoms with van der Waals surface area (Å²) in [5.41, 5.74) is 1.71. The highest BCUT2D eigenvalue weighted by Gasteiger charge is 2.21. The van der Waals surface area contributed by atoms with Crippen LogP contribution in [0.25, 0.3) is 11.1 Å². The first-order valence-electron chi connectivity index (χ1n) is 10.1. The lowest BCUT2D eigenvalue weighted by atomic mass is 10.1. The molecular weight excluding hydrogens is 480 g/mol. The third-order valence-corrected chi connectivity index (χ3v) is 6.16. The number of aromatic nitrogens is 5. The summed E-state index contributed by atoms with van der Waals surface area (Å²) in [6, 6.07) is 7.33. The summed E-state index contributed by atoms with van der Waals surface area (Å²) in [6.07, 6.45) is 3.10. The number of methoxy groups -OCH3 is 1. The summed E-state index contributed by atoms with van der Waals surface area (Å²) in [6.45, 7) is 3.29. The topological polar surface area (TPSA) is 132 Å². The van der Waals surface area contributed by atoms with Gasteiger partial charge in [0.1, 0.15) is 28.2 Å². The Hall–Kier alpha value is -4.26. The number of rotatable bonds is 7. The minimum Gasteiger partial charge on any atom is -0.467 e. The van der Waals surface area contributed by atoms with Crippen molar-refractivity contribution in [3.05, 3.63) is 71.9 Å². The lowest BCUT2D eigenvalue weighted by Gasteiger charge is -2.13. The number of nitrogens with zero attached hydrogens (tertiary/aromatic N) is 5. The first-order chi connectivity index (χ1) is 16.6. The lowest BCUT2D eigenvalue weighted by Crippen LogP contribution is -2.16. The van der Waals surface area contributed by atoms with Gasteiger partial charge in [-0.1, -0.05) is 0 Å². The molecule has 4 rings (SSSR count). The molecular formula is C22H19F2N7O3S. The molecule has 10 nitrogen and oxygen atoms in total. The fourth-order valence-corrected chi connectivity index (χ4v) is 4.25. The van der Waals surface area contributed by atoms with Crippen LogP contribution in [0.4, 0.5) is 26.2 Å². The zero-order valence-corrected chi connectivity index (χ0v) is 19.6. The number of benzene rings is 1. The van der Waals surface area contributed by atoms with Crippen LogP contribution in [0.2, 0.25) is 0 Å². The molecule has 0 unspecified atom stereocenters. The molecule has 13 heteroatoms. The Kier molecular flexibility index (Phi) is 6.51. The first-order valence-corrected chi connectivity index (χ1v) is 11.6. The fraction of sp³-hybridized carbons (Fsp3) is 0.136. The van der Waals surface area contributed by atoms with E-state index in [9.17, 15) is 17.2 Å². The molecule has 3 aromatic heterocycles. The highest BCUT2D eigenvalue weighted by atomic mass is 32.2. The standard InChI is InChI=1S/C22H19F2N7O3S/c1-12-18(31-35(32,33)19-5-4-16(23)10-17(19)24)8-15(11-26-12)14-6-7-25-20(9-14)29-21-27-13(2)28-22(30-21)34-3/h4-11,31H,1-3H3,(H,25,27,28,29,30). The molecule has 0 aliphatic heterocycles. The third kappa shape index (κ3) is 5.46. The maximum Gasteiger partial charge on any atom is 0.321 e. The van der Waals surface area contributed by atoms with Crippen LogP contribution >= 0.6 is 0 Å². The molecule has 0 radical (unpaired) electrons. The van der Waals surface area contributed by atoms with Crippen molar-refractivity contribution in [2.45, 2.75) is 18.7 Å². The average Bonchev–Trinajstić information content (AvgIpc) is 2.80. The minimum absolute atomic E-state index is 0.135. The normalized spacial score (nSPS) is 11.2. The summed E-state index contributed by atoms with van der Waals surface area (Å²) in [5.74, 6) is -0.988. The van der Waals surface area contributed by atoms with E-state index >= 15 is 0 Å². The summed E-state index contributed by atoms with van der Waals surface area (Å²) in [4.78, 5) is 20.1. The quantitative estimate of drug-likeness (QED) is 0.390. The Bertz CT molecular complexity index is 1520. The van der Waals surface area contributed by atoms with E-state index < -0.39 is 26.6 Å². The molecule has 2 N–H and O–H groups in total. The van der Waals surface area contributed by atoms with Gasteiger partial charge in [-0.2, -0.15) is 15.0 Å². The molecule has 3 heterocycles. The third-order valence-electron chi connectivity index (χ3n) is 4.76. The molecule has 0 spiro atoms. The highest BCUT2D eigenvalue weighted by molar-refractivity contribution is 7.92. The number of hydrogen-bond donors (Lipinski definition) is 2. The van der Waals surface area contributed by atoms with E-state index in [0.717, 1.165) is 12.1 Å². The van der Waals surface area contributed by atoms with Gasteiger partial charge < -0.3 is 10.1 Å². The number of halogens is 2. The van der Waals surface area contributed by atoms with Gasteiger partial charge in [0.25, 0.3) is 10.0 Å². The van der Waals surface area contributed by atoms with E-state index in [0.29, 0.717) is 34.5 Å². The molecule has 0 saturated carbocycles. The van der Waals surface area contributed by atoms with Crippen LogP contribution in [0.1, 0.15) is 11.5 Å². The van der Waals surface area contributed by atoms with Crippen molar-refractivity contribution >= 4 is 27.5 Å². The summed E-state index contributed by atoms with van der Waals surface area (Å²) in [7, 11) is -2.89. The van der Waals surface area contributed by atoms with E-state index in [-0.39, 0.29) is 17.6 Å². The summed E-state index contributed by atoms with van der Waals surface area (Å²) < 4.78 is 60.1. The Labute approximate surface area is 199 Å². The van der Waals surface area contributed by atoms with Crippen molar-refractivity contribution in [2.24, 2.45) is 0 Å². The molecule has 0 saturated heterocycles. The van der Waals surface area contributed by atoms with Gasteiger partial charge in [-0.15, -0.1) is 0 Å². The van der Waals surface area contributed by atoms with E-state index in [1.165, 1.54) is 7.11 Å². The molecule has 0 atom stereocenters. The molecule has 0 amide bonds. The van der Waals surface area contributed by atoms with E-state index in [4.69, 9.17) is 4.74 Å². The smallest absolute Gasteiger partial charge is 0.321 e. The van der Waals surface area contributed by atoms with Crippen LogP contribution in [0, 0.1) is 25.5 Å². The average molecular weight is 500 g/mol. The van der Waals surface area contributed by atoms with E-state index in [1.54, 1.807) is 44.4 Å². The lowest BCUT2D eigenvalue weighted by molar-refractivity contribution is 0.377. The molecule has 0 fully saturated rings. The molecule has 4 aromatic rings. The number of sulfonamides is 1. The van der Waals surface area contributed by atoms with Crippen molar-refractivity contribution in [3.63, 3.8) is 0 Å². The Balaban J connectivity index is 1.63. The number of aryl methyl sites for hydroxylation is 2. The fourth-order valence-electron chi connectivity index (χ4n) is 3.08. The Morgan fingerprint density at radius 3 is 2.49 bits per heavy atom. The van der Waals surface area contributed by atoms with Gasteiger partial charge in [0.15, 0.2) is 0 Å². The van der Waals surface area contributed by atoms with Gasteiger partial charge in [0.2, 0.25) is 5.95 Å².